The number of benzene rings is 1. The Morgan fingerprint density at radius 1 is 1.18 bits per heavy atom. The first-order chi connectivity index (χ1) is 13.0. The van der Waals surface area contributed by atoms with Crippen molar-refractivity contribution in [1.29, 1.82) is 0 Å². The highest BCUT2D eigenvalue weighted by molar-refractivity contribution is 6.62. The molecule has 2 fully saturated rings. The van der Waals surface area contributed by atoms with Gasteiger partial charge < -0.3 is 19.3 Å². The standard InChI is InChI=1S/C19H25BN4O4/c1-17(2)18(3,4)28-20(27-17)13-7-6-8-14(11-13)24-12-15(21-22-24)19(26)9-10-23(5)16(19)25/h6-8,11-12,26H,9-10H2,1-5H3/t19-/m1/s1. The van der Waals surface area contributed by atoms with E-state index in [0.29, 0.717) is 13.0 Å². The highest BCUT2D eigenvalue weighted by Gasteiger charge is 2.52. The van der Waals surface area contributed by atoms with Gasteiger partial charge in [-0.15, -0.1) is 5.10 Å². The number of likely N-dealkylation sites (tertiary alicyclic amines) is 1. The fourth-order valence-corrected chi connectivity index (χ4v) is 3.46. The van der Waals surface area contributed by atoms with Gasteiger partial charge in [0, 0.05) is 20.0 Å². The number of hydrogen-bond acceptors (Lipinski definition) is 6. The minimum atomic E-state index is -1.61. The summed E-state index contributed by atoms with van der Waals surface area (Å²) in [6.07, 6.45) is 1.90. The zero-order valence-electron chi connectivity index (χ0n) is 16.8. The number of carbonyl (C=O) groups is 1. The molecular weight excluding hydrogens is 359 g/mol. The van der Waals surface area contributed by atoms with Gasteiger partial charge in [-0.3, -0.25) is 4.79 Å². The van der Waals surface area contributed by atoms with Crippen LogP contribution in [0, 0.1) is 0 Å². The maximum atomic E-state index is 12.3. The fourth-order valence-electron chi connectivity index (χ4n) is 3.46. The molecule has 1 aromatic heterocycles. The summed E-state index contributed by atoms with van der Waals surface area (Å²) in [6, 6.07) is 7.61. The van der Waals surface area contributed by atoms with Crippen LogP contribution in [0.25, 0.3) is 5.69 Å². The molecule has 8 nitrogen and oxygen atoms in total. The monoisotopic (exact) mass is 384 g/mol. The molecule has 2 saturated heterocycles. The average molecular weight is 384 g/mol. The van der Waals surface area contributed by atoms with Crippen molar-refractivity contribution in [2.45, 2.75) is 50.9 Å². The minimum absolute atomic E-state index is 0.253. The first-order valence-corrected chi connectivity index (χ1v) is 9.40. The summed E-state index contributed by atoms with van der Waals surface area (Å²) in [5.41, 5.74) is -0.603. The molecular formula is C19H25BN4O4. The molecule has 1 amide bonds. The van der Waals surface area contributed by atoms with Crippen molar-refractivity contribution in [1.82, 2.24) is 19.9 Å². The highest BCUT2D eigenvalue weighted by Crippen LogP contribution is 2.36. The van der Waals surface area contributed by atoms with E-state index in [1.807, 2.05) is 52.0 Å². The molecule has 2 aromatic rings. The highest BCUT2D eigenvalue weighted by atomic mass is 16.7. The van der Waals surface area contributed by atoms with Gasteiger partial charge >= 0.3 is 7.12 Å². The molecule has 1 N–H and O–H groups in total. The number of carbonyl (C=O) groups excluding carboxylic acids is 1. The Kier molecular flexibility index (Phi) is 4.19. The molecule has 28 heavy (non-hydrogen) atoms. The van der Waals surface area contributed by atoms with Crippen molar-refractivity contribution in [3.63, 3.8) is 0 Å². The van der Waals surface area contributed by atoms with Gasteiger partial charge in [0.05, 0.1) is 23.1 Å². The van der Waals surface area contributed by atoms with Gasteiger partial charge in [-0.1, -0.05) is 17.3 Å². The van der Waals surface area contributed by atoms with E-state index in [-0.39, 0.29) is 11.6 Å². The number of hydrogen-bond donors (Lipinski definition) is 1. The molecule has 0 spiro atoms. The van der Waals surface area contributed by atoms with Crippen molar-refractivity contribution >= 4 is 18.5 Å². The third-order valence-electron chi connectivity index (χ3n) is 6.09. The topological polar surface area (TPSA) is 89.7 Å². The predicted octanol–water partition coefficient (Wildman–Crippen LogP) is 0.616. The molecule has 9 heteroatoms. The van der Waals surface area contributed by atoms with Crippen LogP contribution < -0.4 is 5.46 Å². The van der Waals surface area contributed by atoms with Gasteiger partial charge in [0.1, 0.15) is 5.69 Å². The third kappa shape index (κ3) is 2.85. The van der Waals surface area contributed by atoms with E-state index < -0.39 is 23.9 Å². The second kappa shape index (κ2) is 6.14. The van der Waals surface area contributed by atoms with Crippen LogP contribution in [-0.2, 0) is 19.7 Å². The summed E-state index contributed by atoms with van der Waals surface area (Å²) in [5, 5.41) is 18.9. The summed E-state index contributed by atoms with van der Waals surface area (Å²) in [6.45, 7) is 8.53. The molecule has 3 heterocycles. The molecule has 1 aromatic carbocycles. The number of likely N-dealkylation sites (N-methyl/N-ethyl adjacent to an activating group) is 1. The maximum absolute atomic E-state index is 12.3. The van der Waals surface area contributed by atoms with Crippen LogP contribution in [0.1, 0.15) is 39.8 Å². The van der Waals surface area contributed by atoms with Crippen molar-refractivity contribution in [2.24, 2.45) is 0 Å². The third-order valence-corrected chi connectivity index (χ3v) is 6.09. The van der Waals surface area contributed by atoms with E-state index in [0.717, 1.165) is 11.2 Å². The predicted molar refractivity (Wildman–Crippen MR) is 103 cm³/mol. The van der Waals surface area contributed by atoms with Crippen LogP contribution in [0.3, 0.4) is 0 Å². The average Bonchev–Trinajstić information content (AvgIpc) is 3.29. The van der Waals surface area contributed by atoms with Gasteiger partial charge in [0.15, 0.2) is 5.60 Å². The smallest absolute Gasteiger partial charge is 0.399 e. The van der Waals surface area contributed by atoms with Crippen molar-refractivity contribution in [3.8, 4) is 5.69 Å². The lowest BCUT2D eigenvalue weighted by Crippen LogP contribution is -2.41. The Morgan fingerprint density at radius 2 is 1.86 bits per heavy atom. The number of aliphatic hydroxyl groups is 1. The van der Waals surface area contributed by atoms with Crippen molar-refractivity contribution in [2.75, 3.05) is 13.6 Å². The zero-order valence-corrected chi connectivity index (χ0v) is 16.8. The lowest BCUT2D eigenvalue weighted by molar-refractivity contribution is -0.143. The van der Waals surface area contributed by atoms with Crippen LogP contribution in [0.5, 0.6) is 0 Å². The molecule has 4 rings (SSSR count). The van der Waals surface area contributed by atoms with E-state index in [2.05, 4.69) is 10.3 Å². The fraction of sp³-hybridized carbons (Fsp3) is 0.526. The van der Waals surface area contributed by atoms with E-state index in [1.165, 1.54) is 4.90 Å². The van der Waals surface area contributed by atoms with Crippen molar-refractivity contribution < 1.29 is 19.2 Å². The molecule has 0 saturated carbocycles. The maximum Gasteiger partial charge on any atom is 0.494 e. The van der Waals surface area contributed by atoms with Crippen LogP contribution >= 0.6 is 0 Å². The van der Waals surface area contributed by atoms with Crippen LogP contribution in [-0.4, -0.2) is 62.8 Å². The number of amides is 1. The Balaban J connectivity index is 1.62. The molecule has 1 atom stereocenters. The van der Waals surface area contributed by atoms with Gasteiger partial charge in [-0.2, -0.15) is 0 Å². The van der Waals surface area contributed by atoms with Crippen LogP contribution in [0.2, 0.25) is 0 Å². The normalized spacial score (nSPS) is 26.3. The van der Waals surface area contributed by atoms with Gasteiger partial charge in [-0.05, 0) is 45.3 Å². The largest absolute Gasteiger partial charge is 0.494 e. The summed E-state index contributed by atoms with van der Waals surface area (Å²) in [4.78, 5) is 13.8. The van der Waals surface area contributed by atoms with Crippen LogP contribution in [0.15, 0.2) is 30.5 Å². The Bertz CT molecular complexity index is 912. The Morgan fingerprint density at radius 3 is 2.46 bits per heavy atom. The molecule has 0 bridgehead atoms. The SMILES string of the molecule is CN1CC[C@@](O)(c2cn(-c3cccc(B4OC(C)(C)C(C)(C)O4)c3)nn2)C1=O. The van der Waals surface area contributed by atoms with Crippen LogP contribution in [0.4, 0.5) is 0 Å². The number of nitrogens with zero attached hydrogens (tertiary/aromatic N) is 4. The first kappa shape index (κ1) is 19.1. The summed E-state index contributed by atoms with van der Waals surface area (Å²) in [5.74, 6) is -0.356. The number of rotatable bonds is 3. The molecule has 2 aliphatic heterocycles. The zero-order chi connectivity index (χ0) is 20.3. The first-order valence-electron chi connectivity index (χ1n) is 9.40. The molecule has 0 unspecified atom stereocenters. The second-order valence-electron chi connectivity index (χ2n) is 8.57. The van der Waals surface area contributed by atoms with E-state index in [1.54, 1.807) is 17.9 Å². The lowest BCUT2D eigenvalue weighted by atomic mass is 9.79. The minimum Gasteiger partial charge on any atom is -0.399 e. The molecule has 0 aliphatic carbocycles. The molecule has 2 aliphatic rings. The van der Waals surface area contributed by atoms with Gasteiger partial charge in [0.2, 0.25) is 0 Å². The molecule has 148 valence electrons. The van der Waals surface area contributed by atoms with E-state index in [9.17, 15) is 9.90 Å². The Labute approximate surface area is 164 Å². The molecule has 0 radical (unpaired) electrons. The Hall–Kier alpha value is -2.23. The van der Waals surface area contributed by atoms with E-state index >= 15 is 0 Å². The quantitative estimate of drug-likeness (QED) is 0.781. The summed E-state index contributed by atoms with van der Waals surface area (Å²) < 4.78 is 13.8. The second-order valence-corrected chi connectivity index (χ2v) is 8.57. The van der Waals surface area contributed by atoms with E-state index in [4.69, 9.17) is 9.31 Å². The summed E-state index contributed by atoms with van der Waals surface area (Å²) in [7, 11) is 1.18. The number of aromatic nitrogens is 3. The summed E-state index contributed by atoms with van der Waals surface area (Å²) >= 11 is 0. The van der Waals surface area contributed by atoms with Gasteiger partial charge in [-0.25, -0.2) is 4.68 Å². The van der Waals surface area contributed by atoms with Gasteiger partial charge in [0.25, 0.3) is 5.91 Å². The van der Waals surface area contributed by atoms with Crippen molar-refractivity contribution in [3.05, 3.63) is 36.2 Å². The lowest BCUT2D eigenvalue weighted by Gasteiger charge is -2.32.